The van der Waals surface area contributed by atoms with Gasteiger partial charge in [-0.15, -0.1) is 0 Å². The van der Waals surface area contributed by atoms with Gasteiger partial charge in [-0.25, -0.2) is 0 Å². The third-order valence-electron chi connectivity index (χ3n) is 5.32. The molecule has 1 saturated heterocycles. The topological polar surface area (TPSA) is 61.4 Å². The van der Waals surface area contributed by atoms with Crippen molar-refractivity contribution in [3.05, 3.63) is 70.2 Å². The fraction of sp³-hybridized carbons (Fsp3) is 0.333. The summed E-state index contributed by atoms with van der Waals surface area (Å²) in [6.45, 7) is 2.08. The molecule has 0 bridgehead atoms. The molecule has 2 aromatic rings. The smallest absolute Gasteiger partial charge is 0.256 e. The Bertz CT molecular complexity index is 864. The first-order chi connectivity index (χ1) is 13.1. The van der Waals surface area contributed by atoms with Gasteiger partial charge in [0.1, 0.15) is 6.04 Å². The van der Waals surface area contributed by atoms with Crippen molar-refractivity contribution < 1.29 is 9.59 Å². The Morgan fingerprint density at radius 2 is 1.81 bits per heavy atom. The number of rotatable bonds is 3. The van der Waals surface area contributed by atoms with Crippen molar-refractivity contribution in [2.75, 3.05) is 13.1 Å². The molecule has 2 atom stereocenters. The number of nitrogens with one attached hydrogen (secondary N) is 2. The number of halogens is 1. The van der Waals surface area contributed by atoms with Gasteiger partial charge in [-0.3, -0.25) is 9.59 Å². The van der Waals surface area contributed by atoms with Crippen LogP contribution in [0.5, 0.6) is 0 Å². The zero-order chi connectivity index (χ0) is 18.8. The van der Waals surface area contributed by atoms with Gasteiger partial charge in [-0.05, 0) is 36.2 Å². The van der Waals surface area contributed by atoms with Gasteiger partial charge in [-0.1, -0.05) is 48.0 Å². The Kier molecular flexibility index (Phi) is 5.14. The minimum absolute atomic E-state index is 0.0985. The van der Waals surface area contributed by atoms with Gasteiger partial charge in [0.15, 0.2) is 0 Å². The van der Waals surface area contributed by atoms with Crippen LogP contribution in [0.4, 0.5) is 0 Å². The maximum atomic E-state index is 13.2. The van der Waals surface area contributed by atoms with E-state index in [1.54, 1.807) is 29.2 Å². The van der Waals surface area contributed by atoms with Crippen LogP contribution in [0.2, 0.25) is 5.02 Å². The molecular weight excluding hydrogens is 362 g/mol. The van der Waals surface area contributed by atoms with Gasteiger partial charge >= 0.3 is 0 Å². The number of fused-ring (bicyclic) bond motifs is 1. The predicted octanol–water partition coefficient (Wildman–Crippen LogP) is 2.39. The molecule has 0 radical (unpaired) electrons. The van der Waals surface area contributed by atoms with E-state index in [-0.39, 0.29) is 17.9 Å². The van der Waals surface area contributed by atoms with Crippen molar-refractivity contribution in [1.29, 1.82) is 0 Å². The van der Waals surface area contributed by atoms with Gasteiger partial charge < -0.3 is 15.5 Å². The first kappa shape index (κ1) is 18.0. The van der Waals surface area contributed by atoms with Crippen molar-refractivity contribution in [2.45, 2.75) is 31.5 Å². The van der Waals surface area contributed by atoms with Crippen molar-refractivity contribution >= 4 is 23.4 Å². The molecule has 2 amide bonds. The molecule has 140 valence electrons. The second kappa shape index (κ2) is 7.71. The third-order valence-corrected chi connectivity index (χ3v) is 5.65. The van der Waals surface area contributed by atoms with Crippen LogP contribution in [-0.4, -0.2) is 41.9 Å². The van der Waals surface area contributed by atoms with Crippen LogP contribution in [0, 0.1) is 0 Å². The lowest BCUT2D eigenvalue weighted by Crippen LogP contribution is -2.54. The summed E-state index contributed by atoms with van der Waals surface area (Å²) < 4.78 is 0. The monoisotopic (exact) mass is 383 g/mol. The average Bonchev–Trinajstić information content (AvgIpc) is 3.20. The lowest BCUT2D eigenvalue weighted by molar-refractivity contribution is -0.126. The minimum Gasteiger partial charge on any atom is -0.350 e. The fourth-order valence-corrected chi connectivity index (χ4v) is 4.05. The van der Waals surface area contributed by atoms with Gasteiger partial charge in [0.25, 0.3) is 5.91 Å². The zero-order valence-corrected chi connectivity index (χ0v) is 15.7. The number of nitrogens with zero attached hydrogens (tertiary/aromatic N) is 1. The molecule has 2 unspecified atom stereocenters. The molecule has 0 aliphatic carbocycles. The predicted molar refractivity (Wildman–Crippen MR) is 105 cm³/mol. The van der Waals surface area contributed by atoms with E-state index in [9.17, 15) is 9.59 Å². The van der Waals surface area contributed by atoms with E-state index in [1.165, 1.54) is 0 Å². The van der Waals surface area contributed by atoms with E-state index in [4.69, 9.17) is 11.6 Å². The Balaban J connectivity index is 1.64. The maximum absolute atomic E-state index is 13.2. The number of hydrogen-bond acceptors (Lipinski definition) is 3. The second-order valence-corrected chi connectivity index (χ2v) is 7.51. The fourth-order valence-electron chi connectivity index (χ4n) is 3.84. The Labute approximate surface area is 163 Å². The number of amides is 2. The van der Waals surface area contributed by atoms with Gasteiger partial charge in [0, 0.05) is 25.6 Å². The van der Waals surface area contributed by atoms with Gasteiger partial charge in [0.2, 0.25) is 5.91 Å². The van der Waals surface area contributed by atoms with Crippen molar-refractivity contribution in [2.24, 2.45) is 0 Å². The van der Waals surface area contributed by atoms with E-state index in [2.05, 4.69) is 10.6 Å². The van der Waals surface area contributed by atoms with Crippen molar-refractivity contribution in [3.8, 4) is 0 Å². The largest absolute Gasteiger partial charge is 0.350 e. The molecule has 2 aliphatic heterocycles. The van der Waals surface area contributed by atoms with Crippen molar-refractivity contribution in [3.63, 3.8) is 0 Å². The molecular formula is C21H22ClN3O2. The molecule has 0 saturated carbocycles. The summed E-state index contributed by atoms with van der Waals surface area (Å²) in [6, 6.07) is 14.5. The summed E-state index contributed by atoms with van der Waals surface area (Å²) in [5.41, 5.74) is 2.62. The summed E-state index contributed by atoms with van der Waals surface area (Å²) in [5, 5.41) is 6.76. The molecule has 2 heterocycles. The summed E-state index contributed by atoms with van der Waals surface area (Å²) in [4.78, 5) is 27.9. The van der Waals surface area contributed by atoms with E-state index in [0.29, 0.717) is 23.6 Å². The average molecular weight is 384 g/mol. The van der Waals surface area contributed by atoms with E-state index >= 15 is 0 Å². The molecule has 6 heteroatoms. The summed E-state index contributed by atoms with van der Waals surface area (Å²) in [6.07, 6.45) is 1.42. The molecule has 1 fully saturated rings. The van der Waals surface area contributed by atoms with Gasteiger partial charge in [0.05, 0.1) is 10.6 Å². The highest BCUT2D eigenvalue weighted by molar-refractivity contribution is 6.33. The summed E-state index contributed by atoms with van der Waals surface area (Å²) in [7, 11) is 0. The second-order valence-electron chi connectivity index (χ2n) is 7.10. The number of carbonyl (C=O) groups is 2. The van der Waals surface area contributed by atoms with E-state index in [1.807, 2.05) is 24.3 Å². The van der Waals surface area contributed by atoms with E-state index < -0.39 is 6.04 Å². The van der Waals surface area contributed by atoms with Crippen LogP contribution < -0.4 is 10.6 Å². The highest BCUT2D eigenvalue weighted by Crippen LogP contribution is 2.27. The SMILES string of the molecule is O=C(NC1CCNC1)C1Cc2ccccc2CN1C(=O)c1ccccc1Cl. The number of carbonyl (C=O) groups excluding carboxylic acids is 2. The molecule has 2 aromatic carbocycles. The maximum Gasteiger partial charge on any atom is 0.256 e. The first-order valence-corrected chi connectivity index (χ1v) is 9.64. The molecule has 5 nitrogen and oxygen atoms in total. The van der Waals surface area contributed by atoms with Crippen LogP contribution in [0.25, 0.3) is 0 Å². The molecule has 27 heavy (non-hydrogen) atoms. The molecule has 0 spiro atoms. The quantitative estimate of drug-likeness (QED) is 0.855. The molecule has 2 aliphatic rings. The van der Waals surface area contributed by atoms with Crippen molar-refractivity contribution in [1.82, 2.24) is 15.5 Å². The lowest BCUT2D eigenvalue weighted by atomic mass is 9.92. The highest BCUT2D eigenvalue weighted by Gasteiger charge is 2.36. The van der Waals surface area contributed by atoms with Crippen LogP contribution >= 0.6 is 11.6 Å². The zero-order valence-electron chi connectivity index (χ0n) is 15.0. The Morgan fingerprint density at radius 1 is 1.07 bits per heavy atom. The van der Waals surface area contributed by atoms with Gasteiger partial charge in [-0.2, -0.15) is 0 Å². The van der Waals surface area contributed by atoms with Crippen LogP contribution in [-0.2, 0) is 17.8 Å². The number of hydrogen-bond donors (Lipinski definition) is 2. The molecule has 2 N–H and O–H groups in total. The van der Waals surface area contributed by atoms with Crippen LogP contribution in [0.15, 0.2) is 48.5 Å². The third kappa shape index (κ3) is 3.70. The normalized spacial score (nSPS) is 21.6. The Hall–Kier alpha value is -2.37. The standard InChI is InChI=1S/C21H22ClN3O2/c22-18-8-4-3-7-17(18)21(27)25-13-15-6-2-1-5-14(15)11-19(25)20(26)24-16-9-10-23-12-16/h1-8,16,19,23H,9-13H2,(H,24,26). The molecule has 0 aromatic heterocycles. The minimum atomic E-state index is -0.538. The van der Waals surface area contributed by atoms with Crippen LogP contribution in [0.1, 0.15) is 27.9 Å². The van der Waals surface area contributed by atoms with E-state index in [0.717, 1.165) is 30.6 Å². The highest BCUT2D eigenvalue weighted by atomic mass is 35.5. The Morgan fingerprint density at radius 3 is 2.56 bits per heavy atom. The summed E-state index contributed by atoms with van der Waals surface area (Å²) >= 11 is 6.25. The number of benzene rings is 2. The summed E-state index contributed by atoms with van der Waals surface area (Å²) in [5.74, 6) is -0.307. The first-order valence-electron chi connectivity index (χ1n) is 9.27. The lowest BCUT2D eigenvalue weighted by Gasteiger charge is -2.36. The molecule has 4 rings (SSSR count). The van der Waals surface area contributed by atoms with Crippen LogP contribution in [0.3, 0.4) is 0 Å².